The van der Waals surface area contributed by atoms with Crippen molar-refractivity contribution in [3.05, 3.63) is 132 Å². The van der Waals surface area contributed by atoms with E-state index in [1.807, 2.05) is 22.8 Å². The molecule has 3 aromatic heterocycles. The highest BCUT2D eigenvalue weighted by atomic mass is 32.2. The highest BCUT2D eigenvalue weighted by Crippen LogP contribution is 2.45. The van der Waals surface area contributed by atoms with Crippen molar-refractivity contribution in [1.82, 2.24) is 13.7 Å². The molecular formula is C42H35N3O2S. The Morgan fingerprint density at radius 2 is 1.12 bits per heavy atom. The Bertz CT molecular complexity index is 2760. The van der Waals surface area contributed by atoms with Gasteiger partial charge in [-0.05, 0) is 70.2 Å². The molecule has 4 aromatic carbocycles. The second kappa shape index (κ2) is 10.3. The van der Waals surface area contributed by atoms with E-state index in [-0.39, 0.29) is 6.04 Å². The predicted octanol–water partition coefficient (Wildman–Crippen LogP) is 10.9. The second-order valence-corrected chi connectivity index (χ2v) is 15.4. The van der Waals surface area contributed by atoms with Gasteiger partial charge in [-0.1, -0.05) is 84.4 Å². The fraction of sp³-hybridized carbons (Fsp3) is 0.143. The standard InChI is InChI=1S/C42H35N3O2S/c1-26(2)43-38(34-15-9-13-32-30-11-5-7-17-36(30)44(41(32)34)29-21-19-27(3)25-29)22-23-39(43)35-16-10-14-33-31-12-6-8-18-37(31)45(42(33)35)40-24-20-28(4)48(40,46)47/h5-24,26H,25H2,1-4H3. The van der Waals surface area contributed by atoms with E-state index >= 15 is 0 Å². The number of nitrogens with zero attached hydrogens (tertiary/aromatic N) is 3. The molecule has 0 saturated heterocycles. The summed E-state index contributed by atoms with van der Waals surface area (Å²) in [5.41, 5.74) is 11.2. The first-order valence-corrected chi connectivity index (χ1v) is 18.0. The van der Waals surface area contributed by atoms with Crippen LogP contribution >= 0.6 is 0 Å². The molecule has 0 bridgehead atoms. The van der Waals surface area contributed by atoms with Crippen LogP contribution in [0.15, 0.2) is 132 Å². The molecule has 4 heterocycles. The molecule has 0 atom stereocenters. The number of rotatable bonds is 5. The zero-order chi connectivity index (χ0) is 32.9. The lowest BCUT2D eigenvalue weighted by atomic mass is 10.1. The van der Waals surface area contributed by atoms with Crippen molar-refractivity contribution in [3.8, 4) is 22.5 Å². The second-order valence-electron chi connectivity index (χ2n) is 13.3. The van der Waals surface area contributed by atoms with E-state index in [1.165, 1.54) is 38.6 Å². The fourth-order valence-electron chi connectivity index (χ4n) is 7.94. The van der Waals surface area contributed by atoms with Gasteiger partial charge < -0.3 is 9.13 Å². The van der Waals surface area contributed by atoms with Crippen LogP contribution in [0.1, 0.15) is 40.2 Å². The van der Waals surface area contributed by atoms with Gasteiger partial charge in [0.05, 0.1) is 33.5 Å². The largest absolute Gasteiger partial charge is 0.338 e. The normalized spacial score (nSPS) is 16.0. The van der Waals surface area contributed by atoms with Gasteiger partial charge in [-0.25, -0.2) is 8.42 Å². The Morgan fingerprint density at radius 3 is 1.65 bits per heavy atom. The van der Waals surface area contributed by atoms with Gasteiger partial charge in [0.1, 0.15) is 5.03 Å². The Kier molecular flexibility index (Phi) is 6.21. The summed E-state index contributed by atoms with van der Waals surface area (Å²) < 4.78 is 34.2. The first-order chi connectivity index (χ1) is 23.3. The number of hydrogen-bond acceptors (Lipinski definition) is 2. The van der Waals surface area contributed by atoms with Crippen LogP contribution in [0.25, 0.3) is 76.9 Å². The topological polar surface area (TPSA) is 48.9 Å². The number of para-hydroxylation sites is 4. The number of fused-ring (bicyclic) bond motifs is 6. The third-order valence-electron chi connectivity index (χ3n) is 10.1. The highest BCUT2D eigenvalue weighted by Gasteiger charge is 2.30. The number of hydrogen-bond donors (Lipinski definition) is 0. The minimum atomic E-state index is -3.62. The van der Waals surface area contributed by atoms with Crippen LogP contribution in [0, 0.1) is 0 Å². The van der Waals surface area contributed by atoms with Crippen molar-refractivity contribution in [1.29, 1.82) is 0 Å². The van der Waals surface area contributed by atoms with Gasteiger partial charge in [-0.2, -0.15) is 0 Å². The maximum atomic E-state index is 13.7. The molecule has 0 amide bonds. The third-order valence-corrected chi connectivity index (χ3v) is 11.9. The van der Waals surface area contributed by atoms with Crippen LogP contribution < -0.4 is 0 Å². The summed E-state index contributed by atoms with van der Waals surface area (Å²) in [7, 11) is -3.62. The molecule has 0 N–H and O–H groups in total. The van der Waals surface area contributed by atoms with Gasteiger partial charge in [0.2, 0.25) is 9.84 Å². The lowest BCUT2D eigenvalue weighted by Gasteiger charge is -2.21. The van der Waals surface area contributed by atoms with Gasteiger partial charge >= 0.3 is 0 Å². The van der Waals surface area contributed by atoms with Gasteiger partial charge in [-0.3, -0.25) is 4.57 Å². The van der Waals surface area contributed by atoms with E-state index in [9.17, 15) is 8.42 Å². The maximum absolute atomic E-state index is 13.7. The van der Waals surface area contributed by atoms with Crippen LogP contribution in [0.2, 0.25) is 0 Å². The molecular weight excluding hydrogens is 611 g/mol. The molecule has 0 fully saturated rings. The van der Waals surface area contributed by atoms with Crippen LogP contribution in [0.4, 0.5) is 0 Å². The van der Waals surface area contributed by atoms with Crippen molar-refractivity contribution < 1.29 is 8.42 Å². The van der Waals surface area contributed by atoms with Gasteiger partial charge in [0.15, 0.2) is 0 Å². The average Bonchev–Trinajstić information content (AvgIpc) is 3.90. The fourth-order valence-corrected chi connectivity index (χ4v) is 9.20. The van der Waals surface area contributed by atoms with E-state index in [1.54, 1.807) is 19.1 Å². The van der Waals surface area contributed by atoms with Crippen molar-refractivity contribution in [3.63, 3.8) is 0 Å². The van der Waals surface area contributed by atoms with E-state index in [0.717, 1.165) is 45.2 Å². The monoisotopic (exact) mass is 645 g/mol. The molecule has 0 radical (unpaired) electrons. The van der Waals surface area contributed by atoms with Crippen LogP contribution in [0.5, 0.6) is 0 Å². The molecule has 236 valence electrons. The van der Waals surface area contributed by atoms with Crippen LogP contribution in [-0.4, -0.2) is 22.1 Å². The molecule has 6 heteroatoms. The molecule has 0 saturated carbocycles. The third kappa shape index (κ3) is 3.93. The quantitative estimate of drug-likeness (QED) is 0.187. The lowest BCUT2D eigenvalue weighted by molar-refractivity contribution is 0.610. The van der Waals surface area contributed by atoms with Gasteiger partial charge in [0, 0.05) is 55.7 Å². The molecule has 1 aliphatic carbocycles. The predicted molar refractivity (Wildman–Crippen MR) is 201 cm³/mol. The molecule has 9 rings (SSSR count). The van der Waals surface area contributed by atoms with Crippen molar-refractivity contribution >= 4 is 64.2 Å². The van der Waals surface area contributed by atoms with E-state index in [0.29, 0.717) is 9.93 Å². The summed E-state index contributed by atoms with van der Waals surface area (Å²) in [5, 5.41) is 4.83. The lowest BCUT2D eigenvalue weighted by Crippen LogP contribution is -2.09. The average molecular weight is 646 g/mol. The van der Waals surface area contributed by atoms with E-state index in [2.05, 4.69) is 121 Å². The molecule has 0 unspecified atom stereocenters. The molecule has 48 heavy (non-hydrogen) atoms. The highest BCUT2D eigenvalue weighted by molar-refractivity contribution is 8.04. The van der Waals surface area contributed by atoms with Crippen molar-refractivity contribution in [2.24, 2.45) is 0 Å². The Balaban J connectivity index is 1.35. The van der Waals surface area contributed by atoms with E-state index in [4.69, 9.17) is 0 Å². The first kappa shape index (κ1) is 28.9. The maximum Gasteiger partial charge on any atom is 0.218 e. The Labute approximate surface area is 279 Å². The van der Waals surface area contributed by atoms with Crippen LogP contribution in [-0.2, 0) is 9.84 Å². The van der Waals surface area contributed by atoms with E-state index < -0.39 is 9.84 Å². The number of aromatic nitrogens is 3. The minimum absolute atomic E-state index is 0.124. The Hall–Kier alpha value is -5.33. The molecule has 2 aliphatic rings. The zero-order valence-electron chi connectivity index (χ0n) is 27.4. The Morgan fingerprint density at radius 1 is 0.583 bits per heavy atom. The minimum Gasteiger partial charge on any atom is -0.338 e. The molecule has 5 nitrogen and oxygen atoms in total. The number of allylic oxidation sites excluding steroid dienone is 7. The summed E-state index contributed by atoms with van der Waals surface area (Å²) >= 11 is 0. The summed E-state index contributed by atoms with van der Waals surface area (Å²) in [6.45, 7) is 8.31. The van der Waals surface area contributed by atoms with Gasteiger partial charge in [0.25, 0.3) is 0 Å². The molecule has 0 spiro atoms. The van der Waals surface area contributed by atoms with Crippen LogP contribution in [0.3, 0.4) is 0 Å². The zero-order valence-corrected chi connectivity index (χ0v) is 28.2. The first-order valence-electron chi connectivity index (χ1n) is 16.5. The smallest absolute Gasteiger partial charge is 0.218 e. The summed E-state index contributed by atoms with van der Waals surface area (Å²) in [5.74, 6) is 0. The molecule has 7 aromatic rings. The number of benzene rings is 4. The summed E-state index contributed by atoms with van der Waals surface area (Å²) in [6, 6.07) is 34.3. The van der Waals surface area contributed by atoms with Gasteiger partial charge in [-0.15, -0.1) is 0 Å². The summed E-state index contributed by atoms with van der Waals surface area (Å²) in [6.07, 6.45) is 8.85. The summed E-state index contributed by atoms with van der Waals surface area (Å²) in [4.78, 5) is 0.361. The number of sulfone groups is 1. The van der Waals surface area contributed by atoms with Crippen molar-refractivity contribution in [2.75, 3.05) is 0 Å². The SMILES string of the molecule is CC1=CC=C(n2c3ccccc3c3cccc(-c4ccc(-c5cccc6c7ccccc7n(C7=CC=C(C)S7(=O)=O)c56)n4C(C)C)c32)C1. The van der Waals surface area contributed by atoms with Crippen molar-refractivity contribution in [2.45, 2.75) is 40.2 Å². The molecule has 1 aliphatic heterocycles.